The van der Waals surface area contributed by atoms with E-state index < -0.39 is 0 Å². The van der Waals surface area contributed by atoms with Gasteiger partial charge in [0.15, 0.2) is 5.82 Å². The van der Waals surface area contributed by atoms with Crippen LogP contribution in [0.5, 0.6) is 5.75 Å². The highest BCUT2D eigenvalue weighted by Gasteiger charge is 2.29. The van der Waals surface area contributed by atoms with Gasteiger partial charge < -0.3 is 19.7 Å². The number of piperidine rings is 1. The summed E-state index contributed by atoms with van der Waals surface area (Å²) in [6.07, 6.45) is 5.40. The Balaban J connectivity index is 1.58. The van der Waals surface area contributed by atoms with E-state index in [4.69, 9.17) is 14.5 Å². The van der Waals surface area contributed by atoms with Crippen molar-refractivity contribution in [3.63, 3.8) is 0 Å². The number of imidazole rings is 1. The van der Waals surface area contributed by atoms with Crippen LogP contribution in [0.25, 0.3) is 5.52 Å². The number of anilines is 2. The van der Waals surface area contributed by atoms with Crippen LogP contribution < -0.4 is 15.0 Å². The molecule has 0 aliphatic carbocycles. The van der Waals surface area contributed by atoms with Crippen molar-refractivity contribution in [3.8, 4) is 5.75 Å². The molecule has 0 radical (unpaired) electrons. The largest absolute Gasteiger partial charge is 0.497 e. The molecule has 9 heteroatoms. The Hall–Kier alpha value is -2.81. The summed E-state index contributed by atoms with van der Waals surface area (Å²) in [5.74, 6) is 2.06. The lowest BCUT2D eigenvalue weighted by atomic mass is 9.98. The van der Waals surface area contributed by atoms with E-state index in [0.717, 1.165) is 48.0 Å². The number of aromatic nitrogens is 3. The zero-order valence-corrected chi connectivity index (χ0v) is 18.6. The van der Waals surface area contributed by atoms with Gasteiger partial charge in [0.25, 0.3) is 0 Å². The smallest absolute Gasteiger partial charge is 0.310 e. The first kappa shape index (κ1) is 20.5. The topological polar surface area (TPSA) is 81.0 Å². The van der Waals surface area contributed by atoms with Gasteiger partial charge in [-0.1, -0.05) is 12.1 Å². The minimum absolute atomic E-state index is 0.135. The summed E-state index contributed by atoms with van der Waals surface area (Å²) in [7, 11) is 3.09. The summed E-state index contributed by atoms with van der Waals surface area (Å²) < 4.78 is 12.9. The molecule has 1 aromatic carbocycles. The number of fused-ring (bicyclic) bond motifs is 1. The Labute approximate surface area is 183 Å². The van der Waals surface area contributed by atoms with E-state index in [1.54, 1.807) is 13.3 Å². The Kier molecular flexibility index (Phi) is 6.08. The maximum atomic E-state index is 12.0. The van der Waals surface area contributed by atoms with Crippen LogP contribution >= 0.6 is 15.9 Å². The molecule has 4 rings (SSSR count). The summed E-state index contributed by atoms with van der Waals surface area (Å²) in [6, 6.07) is 7.91. The first-order valence-electron chi connectivity index (χ1n) is 9.83. The van der Waals surface area contributed by atoms with Crippen LogP contribution in [0.2, 0.25) is 0 Å². The van der Waals surface area contributed by atoms with E-state index in [2.05, 4.69) is 31.1 Å². The molecule has 30 heavy (non-hydrogen) atoms. The van der Waals surface area contributed by atoms with Gasteiger partial charge in [0, 0.05) is 32.0 Å². The number of carbonyl (C=O) groups is 1. The van der Waals surface area contributed by atoms with Crippen molar-refractivity contribution in [1.82, 2.24) is 14.4 Å². The van der Waals surface area contributed by atoms with Crippen molar-refractivity contribution in [2.24, 2.45) is 5.92 Å². The summed E-state index contributed by atoms with van der Waals surface area (Å²) in [5, 5.41) is 3.40. The lowest BCUT2D eigenvalue weighted by molar-refractivity contribution is -0.145. The van der Waals surface area contributed by atoms with E-state index in [9.17, 15) is 4.79 Å². The van der Waals surface area contributed by atoms with E-state index in [-0.39, 0.29) is 11.9 Å². The molecule has 1 unspecified atom stereocenters. The van der Waals surface area contributed by atoms with Gasteiger partial charge in [0.2, 0.25) is 5.95 Å². The van der Waals surface area contributed by atoms with Crippen molar-refractivity contribution in [2.45, 2.75) is 19.4 Å². The van der Waals surface area contributed by atoms with Gasteiger partial charge in [-0.2, -0.15) is 0 Å². The molecule has 0 saturated carbocycles. The van der Waals surface area contributed by atoms with E-state index >= 15 is 0 Å². The number of nitrogens with zero attached hydrogens (tertiary/aromatic N) is 4. The normalized spacial score (nSPS) is 16.5. The highest BCUT2D eigenvalue weighted by molar-refractivity contribution is 9.10. The first-order valence-corrected chi connectivity index (χ1v) is 10.6. The van der Waals surface area contributed by atoms with Crippen molar-refractivity contribution >= 4 is 39.2 Å². The molecule has 3 aromatic rings. The molecule has 0 spiro atoms. The van der Waals surface area contributed by atoms with Crippen LogP contribution in [0, 0.1) is 5.92 Å². The molecule has 1 fully saturated rings. The van der Waals surface area contributed by atoms with Crippen LogP contribution in [0.15, 0.2) is 41.3 Å². The molecule has 1 aliphatic heterocycles. The van der Waals surface area contributed by atoms with Crippen LogP contribution in [-0.2, 0) is 16.1 Å². The zero-order chi connectivity index (χ0) is 21.1. The van der Waals surface area contributed by atoms with E-state index in [1.165, 1.54) is 7.11 Å². The monoisotopic (exact) mass is 473 g/mol. The number of methoxy groups -OCH3 is 2. The summed E-state index contributed by atoms with van der Waals surface area (Å²) >= 11 is 3.59. The third-order valence-electron chi connectivity index (χ3n) is 5.35. The number of ether oxygens (including phenoxy) is 2. The molecular weight excluding hydrogens is 450 g/mol. The highest BCUT2D eigenvalue weighted by atomic mass is 79.9. The molecule has 1 atom stereocenters. The lowest BCUT2D eigenvalue weighted by Crippen LogP contribution is -2.40. The zero-order valence-electron chi connectivity index (χ0n) is 17.0. The second kappa shape index (κ2) is 8.91. The van der Waals surface area contributed by atoms with Crippen LogP contribution in [0.1, 0.15) is 18.4 Å². The average Bonchev–Trinajstić information content (AvgIpc) is 3.14. The fourth-order valence-corrected chi connectivity index (χ4v) is 4.32. The minimum Gasteiger partial charge on any atom is -0.497 e. The van der Waals surface area contributed by atoms with E-state index in [0.29, 0.717) is 17.7 Å². The highest BCUT2D eigenvalue weighted by Crippen LogP contribution is 2.31. The number of hydrogen-bond donors (Lipinski definition) is 1. The summed E-state index contributed by atoms with van der Waals surface area (Å²) in [4.78, 5) is 23.4. The molecule has 1 N–H and O–H groups in total. The molecule has 0 amide bonds. The third-order valence-corrected chi connectivity index (χ3v) is 5.90. The van der Waals surface area contributed by atoms with Crippen molar-refractivity contribution in [2.75, 3.05) is 37.5 Å². The number of hydrogen-bond acceptors (Lipinski definition) is 7. The van der Waals surface area contributed by atoms with Crippen molar-refractivity contribution in [1.29, 1.82) is 0 Å². The van der Waals surface area contributed by atoms with Gasteiger partial charge >= 0.3 is 5.97 Å². The quantitative estimate of drug-likeness (QED) is 0.548. The fraction of sp³-hybridized carbons (Fsp3) is 0.381. The molecular formula is C21H24BrN5O3. The van der Waals surface area contributed by atoms with E-state index in [1.807, 2.05) is 34.9 Å². The van der Waals surface area contributed by atoms with Crippen LogP contribution in [-0.4, -0.2) is 47.6 Å². The van der Waals surface area contributed by atoms with Crippen LogP contribution in [0.4, 0.5) is 11.8 Å². The number of esters is 1. The molecule has 3 heterocycles. The molecule has 2 aromatic heterocycles. The Morgan fingerprint density at radius 1 is 1.30 bits per heavy atom. The lowest BCUT2D eigenvalue weighted by Gasteiger charge is -2.31. The summed E-state index contributed by atoms with van der Waals surface area (Å²) in [5.41, 5.74) is 1.98. The fourth-order valence-electron chi connectivity index (χ4n) is 3.78. The second-order valence-electron chi connectivity index (χ2n) is 7.21. The molecule has 0 bridgehead atoms. The number of nitrogens with one attached hydrogen (secondary N) is 1. The standard InChI is InChI=1S/C21H24BrN5O3/c1-29-16-7-5-14(6-8-16)12-24-19-17-18(22)25-21(27(17)11-9-23-19)26-10-3-4-15(13-26)20(28)30-2/h5-9,11,15H,3-4,10,12-13H2,1-2H3,(H,23,24). The van der Waals surface area contributed by atoms with Crippen molar-refractivity contribution < 1.29 is 14.3 Å². The predicted octanol–water partition coefficient (Wildman–Crippen LogP) is 3.50. The third kappa shape index (κ3) is 4.07. The number of rotatable bonds is 6. The number of halogens is 1. The molecule has 1 saturated heterocycles. The van der Waals surface area contributed by atoms with Crippen LogP contribution in [0.3, 0.4) is 0 Å². The maximum absolute atomic E-state index is 12.0. The van der Waals surface area contributed by atoms with Gasteiger partial charge in [0.05, 0.1) is 20.1 Å². The van der Waals surface area contributed by atoms with Gasteiger partial charge in [-0.05, 0) is 46.5 Å². The van der Waals surface area contributed by atoms with Gasteiger partial charge in [-0.25, -0.2) is 9.97 Å². The Morgan fingerprint density at radius 2 is 2.10 bits per heavy atom. The van der Waals surface area contributed by atoms with Gasteiger partial charge in [0.1, 0.15) is 15.9 Å². The maximum Gasteiger partial charge on any atom is 0.310 e. The summed E-state index contributed by atoms with van der Waals surface area (Å²) in [6.45, 7) is 2.06. The number of carbonyl (C=O) groups excluding carboxylic acids is 1. The van der Waals surface area contributed by atoms with Crippen molar-refractivity contribution in [3.05, 3.63) is 46.8 Å². The van der Waals surface area contributed by atoms with Gasteiger partial charge in [-0.3, -0.25) is 9.20 Å². The predicted molar refractivity (Wildman–Crippen MR) is 118 cm³/mol. The molecule has 1 aliphatic rings. The minimum atomic E-state index is -0.164. The average molecular weight is 474 g/mol. The Bertz CT molecular complexity index is 1040. The SMILES string of the molecule is COC(=O)C1CCCN(c2nc(Br)c3c(NCc4ccc(OC)cc4)nccn23)C1. The second-order valence-corrected chi connectivity index (χ2v) is 7.96. The molecule has 158 valence electrons. The number of benzene rings is 1. The van der Waals surface area contributed by atoms with Gasteiger partial charge in [-0.15, -0.1) is 0 Å². The molecule has 8 nitrogen and oxygen atoms in total. The Morgan fingerprint density at radius 3 is 2.83 bits per heavy atom. The first-order chi connectivity index (χ1) is 14.6.